The van der Waals surface area contributed by atoms with Crippen molar-refractivity contribution in [3.8, 4) is 0 Å². The molecule has 0 aromatic heterocycles. The van der Waals surface area contributed by atoms with E-state index in [1.54, 1.807) is 0 Å². The van der Waals surface area contributed by atoms with E-state index in [4.69, 9.17) is 9.05 Å². The molecule has 4 rings (SSSR count). The van der Waals surface area contributed by atoms with Gasteiger partial charge < -0.3 is 0 Å². The van der Waals surface area contributed by atoms with Crippen LogP contribution in [-0.4, -0.2) is 0 Å². The van der Waals surface area contributed by atoms with E-state index in [9.17, 15) is 4.57 Å². The molecule has 2 unspecified atom stereocenters. The number of benzene rings is 4. The second-order valence-corrected chi connectivity index (χ2v) is 9.57. The van der Waals surface area contributed by atoms with Gasteiger partial charge in [0.1, 0.15) is 0 Å². The van der Waals surface area contributed by atoms with Gasteiger partial charge in [-0.25, -0.2) is 0 Å². The van der Waals surface area contributed by atoms with Gasteiger partial charge in [0.25, 0.3) is 0 Å². The quantitative estimate of drug-likeness (QED) is 0.243. The first-order chi connectivity index (χ1) is 16.4. The molecule has 0 fully saturated rings. The molecule has 0 N–H and O–H groups in total. The summed E-state index contributed by atoms with van der Waals surface area (Å²) in [5, 5.41) is 0. The minimum absolute atomic E-state index is 0.500. The van der Waals surface area contributed by atoms with Gasteiger partial charge in [0, 0.05) is 4.57 Å². The van der Waals surface area contributed by atoms with Gasteiger partial charge in [-0.05, 0) is 72.2 Å². The normalized spacial score (nSPS) is 13.4. The Morgan fingerprint density at radius 1 is 0.500 bits per heavy atom. The molecule has 2 atom stereocenters. The maximum atomic E-state index is 13.4. The van der Waals surface area contributed by atoms with E-state index in [1.165, 1.54) is 11.1 Å². The lowest BCUT2D eigenvalue weighted by Gasteiger charge is -2.16. The van der Waals surface area contributed by atoms with E-state index in [0.717, 1.165) is 33.4 Å². The molecule has 0 saturated carbocycles. The van der Waals surface area contributed by atoms with Crippen molar-refractivity contribution in [2.75, 3.05) is 0 Å². The maximum Gasteiger partial charge on any atom is 0.699 e. The standard InChI is InChI=1S/C30H30O3P/c1-21-15-17-27(19-23(21)3)29(25-11-7-5-8-12-25)32-34(31)33-30(26-13-9-6-10-14-26)28-18-16-22(2)24(4)20-28/h5-20,29-30H,1-4H3/q+1. The summed E-state index contributed by atoms with van der Waals surface area (Å²) in [6.45, 7) is 8.30. The molecule has 4 heteroatoms. The number of rotatable bonds is 8. The average Bonchev–Trinajstić information content (AvgIpc) is 2.86. The second kappa shape index (κ2) is 10.9. The third-order valence-corrected chi connectivity index (χ3v) is 7.02. The summed E-state index contributed by atoms with van der Waals surface area (Å²) in [5.74, 6) is 0. The Labute approximate surface area is 203 Å². The van der Waals surface area contributed by atoms with Gasteiger partial charge in [-0.15, -0.1) is 9.05 Å². The van der Waals surface area contributed by atoms with Crippen molar-refractivity contribution in [3.63, 3.8) is 0 Å². The molecule has 0 saturated heterocycles. The molecule has 3 nitrogen and oxygen atoms in total. The minimum Gasteiger partial charge on any atom is -0.106 e. The summed E-state index contributed by atoms with van der Waals surface area (Å²) >= 11 is 0. The summed E-state index contributed by atoms with van der Waals surface area (Å²) in [6.07, 6.45) is -0.999. The fourth-order valence-electron chi connectivity index (χ4n) is 3.94. The highest BCUT2D eigenvalue weighted by Crippen LogP contribution is 2.43. The Morgan fingerprint density at radius 2 is 0.882 bits per heavy atom. The van der Waals surface area contributed by atoms with E-state index >= 15 is 0 Å². The summed E-state index contributed by atoms with van der Waals surface area (Å²) in [6, 6.07) is 32.1. The first kappa shape index (κ1) is 24.0. The molecule has 0 aliphatic carbocycles. The summed E-state index contributed by atoms with van der Waals surface area (Å²) < 4.78 is 25.6. The van der Waals surface area contributed by atoms with Gasteiger partial charge in [0.05, 0.1) is 0 Å². The molecule has 0 heterocycles. The Morgan fingerprint density at radius 3 is 1.24 bits per heavy atom. The second-order valence-electron chi connectivity index (χ2n) is 8.70. The predicted octanol–water partition coefficient (Wildman–Crippen LogP) is 8.49. The van der Waals surface area contributed by atoms with Gasteiger partial charge in [0.2, 0.25) is 0 Å². The third kappa shape index (κ3) is 5.69. The monoisotopic (exact) mass is 469 g/mol. The summed E-state index contributed by atoms with van der Waals surface area (Å²) in [5.41, 5.74) is 8.49. The lowest BCUT2D eigenvalue weighted by Crippen LogP contribution is -2.07. The van der Waals surface area contributed by atoms with Crippen LogP contribution >= 0.6 is 8.25 Å². The Balaban J connectivity index is 1.65. The molecule has 0 aliphatic heterocycles. The summed E-state index contributed by atoms with van der Waals surface area (Å²) in [4.78, 5) is 0. The molecule has 4 aromatic rings. The van der Waals surface area contributed by atoms with Crippen LogP contribution in [0.1, 0.15) is 56.7 Å². The van der Waals surface area contributed by atoms with Gasteiger partial charge in [-0.2, -0.15) is 0 Å². The van der Waals surface area contributed by atoms with Crippen LogP contribution in [0.5, 0.6) is 0 Å². The molecular weight excluding hydrogens is 439 g/mol. The topological polar surface area (TPSA) is 35.5 Å². The highest BCUT2D eigenvalue weighted by Gasteiger charge is 2.35. The first-order valence-corrected chi connectivity index (χ1v) is 12.6. The molecule has 172 valence electrons. The van der Waals surface area contributed by atoms with Crippen LogP contribution in [0.25, 0.3) is 0 Å². The molecule has 0 bridgehead atoms. The van der Waals surface area contributed by atoms with Crippen molar-refractivity contribution in [1.82, 2.24) is 0 Å². The van der Waals surface area contributed by atoms with Crippen LogP contribution in [0.2, 0.25) is 0 Å². The zero-order valence-electron chi connectivity index (χ0n) is 20.1. The molecular formula is C30H30O3P+. The van der Waals surface area contributed by atoms with Crippen LogP contribution in [0.4, 0.5) is 0 Å². The van der Waals surface area contributed by atoms with Crippen LogP contribution < -0.4 is 0 Å². The van der Waals surface area contributed by atoms with E-state index in [0.29, 0.717) is 0 Å². The average molecular weight is 470 g/mol. The van der Waals surface area contributed by atoms with Crippen molar-refractivity contribution in [1.29, 1.82) is 0 Å². The van der Waals surface area contributed by atoms with Gasteiger partial charge in [-0.3, -0.25) is 0 Å². The van der Waals surface area contributed by atoms with Crippen LogP contribution in [-0.2, 0) is 13.6 Å². The van der Waals surface area contributed by atoms with Gasteiger partial charge >= 0.3 is 8.25 Å². The van der Waals surface area contributed by atoms with Crippen LogP contribution in [0.3, 0.4) is 0 Å². The van der Waals surface area contributed by atoms with Crippen molar-refractivity contribution in [2.45, 2.75) is 39.9 Å². The van der Waals surface area contributed by atoms with Crippen LogP contribution in [0.15, 0.2) is 97.1 Å². The van der Waals surface area contributed by atoms with Crippen molar-refractivity contribution < 1.29 is 13.6 Å². The van der Waals surface area contributed by atoms with Crippen LogP contribution in [0, 0.1) is 27.7 Å². The van der Waals surface area contributed by atoms with Crippen molar-refractivity contribution >= 4 is 8.25 Å². The fraction of sp³-hybridized carbons (Fsp3) is 0.200. The minimum atomic E-state index is -2.44. The largest absolute Gasteiger partial charge is 0.699 e. The predicted molar refractivity (Wildman–Crippen MR) is 138 cm³/mol. The Hall–Kier alpha value is -3.10. The molecule has 0 radical (unpaired) electrons. The van der Waals surface area contributed by atoms with E-state index in [2.05, 4.69) is 52.0 Å². The number of hydrogen-bond acceptors (Lipinski definition) is 3. The van der Waals surface area contributed by atoms with Gasteiger partial charge in [0.15, 0.2) is 12.2 Å². The molecule has 0 aliphatic rings. The van der Waals surface area contributed by atoms with Gasteiger partial charge in [-0.1, -0.05) is 97.1 Å². The highest BCUT2D eigenvalue weighted by molar-refractivity contribution is 7.33. The third-order valence-electron chi connectivity index (χ3n) is 6.26. The Bertz CT molecular complexity index is 1170. The molecule has 4 aromatic carbocycles. The zero-order chi connectivity index (χ0) is 24.1. The van der Waals surface area contributed by atoms with E-state index in [-0.39, 0.29) is 0 Å². The Kier molecular flexibility index (Phi) is 7.70. The van der Waals surface area contributed by atoms with Crippen molar-refractivity contribution in [3.05, 3.63) is 142 Å². The SMILES string of the molecule is Cc1ccc(C(O[P+](=O)OC(c2ccccc2)c2ccc(C)c(C)c2)c2ccccc2)cc1C. The first-order valence-electron chi connectivity index (χ1n) is 11.5. The number of aryl methyl sites for hydroxylation is 4. The lowest BCUT2D eigenvalue weighted by atomic mass is 9.98. The zero-order valence-corrected chi connectivity index (χ0v) is 21.0. The highest BCUT2D eigenvalue weighted by atomic mass is 31.1. The molecule has 34 heavy (non-hydrogen) atoms. The van der Waals surface area contributed by atoms with E-state index in [1.807, 2.05) is 72.8 Å². The summed E-state index contributed by atoms with van der Waals surface area (Å²) in [7, 11) is -2.44. The van der Waals surface area contributed by atoms with Crippen molar-refractivity contribution in [2.24, 2.45) is 0 Å². The maximum absolute atomic E-state index is 13.4. The van der Waals surface area contributed by atoms with E-state index < -0.39 is 20.5 Å². The number of hydrogen-bond donors (Lipinski definition) is 0. The fourth-order valence-corrected chi connectivity index (χ4v) is 4.82. The molecule has 0 spiro atoms. The lowest BCUT2D eigenvalue weighted by molar-refractivity contribution is 0.163. The molecule has 0 amide bonds. The smallest absolute Gasteiger partial charge is 0.106 e.